The van der Waals surface area contributed by atoms with E-state index in [2.05, 4.69) is 12.1 Å². The van der Waals surface area contributed by atoms with E-state index < -0.39 is 9.84 Å². The molecule has 4 heteroatoms. The van der Waals surface area contributed by atoms with Crippen LogP contribution in [-0.4, -0.2) is 20.4 Å². The van der Waals surface area contributed by atoms with Gasteiger partial charge in [0.05, 0.1) is 11.1 Å². The lowest BCUT2D eigenvalue weighted by atomic mass is 9.82. The Bertz CT molecular complexity index is 496. The van der Waals surface area contributed by atoms with Gasteiger partial charge in [-0.05, 0) is 36.3 Å². The summed E-state index contributed by atoms with van der Waals surface area (Å²) in [7, 11) is -2.88. The monoisotopic (exact) mass is 272 g/mol. The molecular weight excluding hydrogens is 256 g/mol. The molecule has 0 N–H and O–H groups in total. The summed E-state index contributed by atoms with van der Waals surface area (Å²) in [6.07, 6.45) is 3.95. The summed E-state index contributed by atoms with van der Waals surface area (Å²) >= 11 is 6.45. The maximum Gasteiger partial charge on any atom is 0.147 e. The smallest absolute Gasteiger partial charge is 0.147 e. The van der Waals surface area contributed by atoms with Gasteiger partial charge in [-0.15, -0.1) is 11.6 Å². The number of aryl methyl sites for hydroxylation is 1. The molecule has 0 radical (unpaired) electrons. The van der Waals surface area contributed by atoms with Crippen molar-refractivity contribution in [1.82, 2.24) is 0 Å². The zero-order valence-electron chi connectivity index (χ0n) is 9.90. The van der Waals surface area contributed by atoms with Crippen LogP contribution in [0, 0.1) is 5.92 Å². The van der Waals surface area contributed by atoms with Gasteiger partial charge in [-0.2, -0.15) is 0 Å². The quantitative estimate of drug-likeness (QED) is 0.793. The minimum atomic E-state index is -2.88. The minimum Gasteiger partial charge on any atom is -0.229 e. The standard InChI is InChI=1S/C13H17ClO2S/c1-17(15,16)9-8-11-7-6-10-4-2-3-5-12(10)13(11)14/h2-5,11,13H,6-9H2,1H3. The van der Waals surface area contributed by atoms with Crippen LogP contribution in [0.4, 0.5) is 0 Å². The number of sulfone groups is 1. The van der Waals surface area contributed by atoms with Crippen LogP contribution in [0.3, 0.4) is 0 Å². The summed E-state index contributed by atoms with van der Waals surface area (Å²) in [4.78, 5) is 0. The van der Waals surface area contributed by atoms with Gasteiger partial charge in [0, 0.05) is 6.26 Å². The Morgan fingerprint density at radius 3 is 2.76 bits per heavy atom. The van der Waals surface area contributed by atoms with Crippen molar-refractivity contribution >= 4 is 21.4 Å². The Morgan fingerprint density at radius 1 is 1.35 bits per heavy atom. The molecule has 1 aromatic rings. The second-order valence-electron chi connectivity index (χ2n) is 4.82. The molecule has 1 aliphatic rings. The summed E-state index contributed by atoms with van der Waals surface area (Å²) < 4.78 is 22.4. The number of alkyl halides is 1. The van der Waals surface area contributed by atoms with Crippen molar-refractivity contribution < 1.29 is 8.42 Å². The Morgan fingerprint density at radius 2 is 2.06 bits per heavy atom. The molecule has 94 valence electrons. The van der Waals surface area contributed by atoms with Crippen LogP contribution < -0.4 is 0 Å². The average molecular weight is 273 g/mol. The number of hydrogen-bond acceptors (Lipinski definition) is 2. The van der Waals surface area contributed by atoms with Crippen LogP contribution in [-0.2, 0) is 16.3 Å². The average Bonchev–Trinajstić information content (AvgIpc) is 2.27. The molecular formula is C13H17ClO2S. The molecule has 0 saturated heterocycles. The first-order valence-corrected chi connectivity index (χ1v) is 8.36. The third-order valence-corrected chi connectivity index (χ3v) is 4.98. The third kappa shape index (κ3) is 3.23. The van der Waals surface area contributed by atoms with Crippen LogP contribution in [0.1, 0.15) is 29.3 Å². The SMILES string of the molecule is CS(=O)(=O)CCC1CCc2ccccc2C1Cl. The number of halogens is 1. The molecule has 0 aromatic heterocycles. The van der Waals surface area contributed by atoms with E-state index >= 15 is 0 Å². The first-order valence-electron chi connectivity index (χ1n) is 5.87. The van der Waals surface area contributed by atoms with Crippen LogP contribution >= 0.6 is 11.6 Å². The first-order chi connectivity index (χ1) is 7.97. The molecule has 1 aromatic carbocycles. The van der Waals surface area contributed by atoms with Crippen molar-refractivity contribution in [2.24, 2.45) is 5.92 Å². The topological polar surface area (TPSA) is 34.1 Å². The molecule has 17 heavy (non-hydrogen) atoms. The van der Waals surface area contributed by atoms with Crippen molar-refractivity contribution in [3.8, 4) is 0 Å². The largest absolute Gasteiger partial charge is 0.229 e. The first kappa shape index (κ1) is 12.9. The maximum atomic E-state index is 11.2. The summed E-state index contributed by atoms with van der Waals surface area (Å²) in [5, 5.41) is -0.0401. The van der Waals surface area contributed by atoms with E-state index in [0.29, 0.717) is 6.42 Å². The minimum absolute atomic E-state index is 0.0401. The van der Waals surface area contributed by atoms with E-state index in [-0.39, 0.29) is 17.0 Å². The molecule has 0 aliphatic heterocycles. The van der Waals surface area contributed by atoms with Gasteiger partial charge in [0.15, 0.2) is 0 Å². The fraction of sp³-hybridized carbons (Fsp3) is 0.538. The van der Waals surface area contributed by atoms with Crippen LogP contribution in [0.2, 0.25) is 0 Å². The highest BCUT2D eigenvalue weighted by atomic mass is 35.5. The van der Waals surface area contributed by atoms with Crippen molar-refractivity contribution in [2.45, 2.75) is 24.6 Å². The molecule has 2 unspecified atom stereocenters. The Labute approximate surface area is 108 Å². The summed E-state index contributed by atoms with van der Waals surface area (Å²) in [5.74, 6) is 0.518. The Balaban J connectivity index is 2.10. The van der Waals surface area contributed by atoms with Crippen LogP contribution in [0.15, 0.2) is 24.3 Å². The van der Waals surface area contributed by atoms with Crippen molar-refractivity contribution in [3.63, 3.8) is 0 Å². The van der Waals surface area contributed by atoms with Gasteiger partial charge in [0.25, 0.3) is 0 Å². The molecule has 2 nitrogen and oxygen atoms in total. The van der Waals surface area contributed by atoms with Crippen molar-refractivity contribution in [3.05, 3.63) is 35.4 Å². The summed E-state index contributed by atoms with van der Waals surface area (Å²) in [6.45, 7) is 0. The zero-order chi connectivity index (χ0) is 12.5. The van der Waals surface area contributed by atoms with Gasteiger partial charge < -0.3 is 0 Å². The fourth-order valence-electron chi connectivity index (χ4n) is 2.43. The maximum absolute atomic E-state index is 11.2. The van der Waals surface area contributed by atoms with Crippen molar-refractivity contribution in [2.75, 3.05) is 12.0 Å². The lowest BCUT2D eigenvalue weighted by molar-refractivity contribution is 0.430. The molecule has 0 spiro atoms. The highest BCUT2D eigenvalue weighted by Crippen LogP contribution is 2.40. The van der Waals surface area contributed by atoms with Crippen LogP contribution in [0.5, 0.6) is 0 Å². The van der Waals surface area contributed by atoms with Gasteiger partial charge in [-0.25, -0.2) is 8.42 Å². The number of hydrogen-bond donors (Lipinski definition) is 0. The van der Waals surface area contributed by atoms with Gasteiger partial charge in [-0.3, -0.25) is 0 Å². The highest BCUT2D eigenvalue weighted by Gasteiger charge is 2.28. The van der Waals surface area contributed by atoms with E-state index in [9.17, 15) is 8.42 Å². The molecule has 0 fully saturated rings. The van der Waals surface area contributed by atoms with Crippen molar-refractivity contribution in [1.29, 1.82) is 0 Å². The molecule has 0 amide bonds. The van der Waals surface area contributed by atoms with E-state index in [4.69, 9.17) is 11.6 Å². The molecule has 2 atom stereocenters. The second kappa shape index (κ2) is 4.99. The Kier molecular flexibility index (Phi) is 3.79. The number of rotatable bonds is 3. The third-order valence-electron chi connectivity index (χ3n) is 3.41. The normalized spacial score (nSPS) is 24.4. The summed E-state index contributed by atoms with van der Waals surface area (Å²) in [6, 6.07) is 8.18. The van der Waals surface area contributed by atoms with Gasteiger partial charge in [0.2, 0.25) is 0 Å². The van der Waals surface area contributed by atoms with Gasteiger partial charge in [0.1, 0.15) is 9.84 Å². The van der Waals surface area contributed by atoms with E-state index in [1.54, 1.807) is 0 Å². The predicted octanol–water partition coefficient (Wildman–Crippen LogP) is 2.96. The molecule has 0 heterocycles. The highest BCUT2D eigenvalue weighted by molar-refractivity contribution is 7.90. The van der Waals surface area contributed by atoms with E-state index in [0.717, 1.165) is 12.8 Å². The number of benzene rings is 1. The lowest BCUT2D eigenvalue weighted by Crippen LogP contribution is -2.20. The van der Waals surface area contributed by atoms with Crippen LogP contribution in [0.25, 0.3) is 0 Å². The summed E-state index contributed by atoms with van der Waals surface area (Å²) in [5.41, 5.74) is 2.49. The molecule has 1 aliphatic carbocycles. The van der Waals surface area contributed by atoms with E-state index in [1.807, 2.05) is 12.1 Å². The van der Waals surface area contributed by atoms with Gasteiger partial charge in [-0.1, -0.05) is 24.3 Å². The second-order valence-corrected chi connectivity index (χ2v) is 7.55. The number of fused-ring (bicyclic) bond motifs is 1. The molecule has 0 saturated carbocycles. The Hall–Kier alpha value is -0.540. The van der Waals surface area contributed by atoms with E-state index in [1.165, 1.54) is 17.4 Å². The fourth-order valence-corrected chi connectivity index (χ4v) is 3.62. The molecule has 2 rings (SSSR count). The molecule has 0 bridgehead atoms. The lowest BCUT2D eigenvalue weighted by Gasteiger charge is -2.29. The predicted molar refractivity (Wildman–Crippen MR) is 71.2 cm³/mol. The van der Waals surface area contributed by atoms with Gasteiger partial charge >= 0.3 is 0 Å². The zero-order valence-corrected chi connectivity index (χ0v) is 11.5.